The third-order valence-electron chi connectivity index (χ3n) is 5.03. The number of hydrogen-bond acceptors (Lipinski definition) is 5. The largest absolute Gasteiger partial charge is 0.350 e. The molecule has 1 aliphatic carbocycles. The second-order valence-electron chi connectivity index (χ2n) is 6.76. The van der Waals surface area contributed by atoms with Gasteiger partial charge in [0.05, 0.1) is 17.8 Å². The van der Waals surface area contributed by atoms with Crippen LogP contribution in [0, 0.1) is 0 Å². The van der Waals surface area contributed by atoms with E-state index in [1.807, 2.05) is 24.5 Å². The number of nitrogens with one attached hydrogen (secondary N) is 1. The average Bonchev–Trinajstić information content (AvgIpc) is 3.13. The van der Waals surface area contributed by atoms with Gasteiger partial charge in [0.25, 0.3) is 5.91 Å². The zero-order valence-corrected chi connectivity index (χ0v) is 16.7. The van der Waals surface area contributed by atoms with Gasteiger partial charge in [0.2, 0.25) is 0 Å². The first-order chi connectivity index (χ1) is 13.8. The van der Waals surface area contributed by atoms with Crippen molar-refractivity contribution < 1.29 is 4.79 Å². The Morgan fingerprint density at radius 1 is 1.18 bits per heavy atom. The Morgan fingerprint density at radius 3 is 2.82 bits per heavy atom. The summed E-state index contributed by atoms with van der Waals surface area (Å²) in [6.07, 6.45) is 11.7. The van der Waals surface area contributed by atoms with Crippen molar-refractivity contribution in [2.45, 2.75) is 37.3 Å². The second kappa shape index (κ2) is 8.56. The highest BCUT2D eigenvalue weighted by Gasteiger charge is 2.21. The molecule has 3 heterocycles. The van der Waals surface area contributed by atoms with Gasteiger partial charge in [-0.25, -0.2) is 4.98 Å². The number of hydrogen-bond donors (Lipinski definition) is 1. The van der Waals surface area contributed by atoms with Crippen molar-refractivity contribution in [2.24, 2.45) is 0 Å². The van der Waals surface area contributed by atoms with Crippen LogP contribution in [0.3, 0.4) is 0 Å². The molecule has 3 aromatic heterocycles. The van der Waals surface area contributed by atoms with Gasteiger partial charge in [-0.1, -0.05) is 0 Å². The van der Waals surface area contributed by atoms with Gasteiger partial charge in [-0.2, -0.15) is 5.10 Å². The third kappa shape index (κ3) is 3.80. The first kappa shape index (κ1) is 18.7. The molecule has 0 saturated carbocycles. The van der Waals surface area contributed by atoms with E-state index >= 15 is 0 Å². The Morgan fingerprint density at radius 2 is 2.00 bits per heavy atom. The van der Waals surface area contributed by atoms with E-state index in [9.17, 15) is 4.79 Å². The van der Waals surface area contributed by atoms with Crippen LogP contribution in [-0.4, -0.2) is 38.5 Å². The van der Waals surface area contributed by atoms with E-state index in [4.69, 9.17) is 5.10 Å². The maximum absolute atomic E-state index is 12.5. The topological polar surface area (TPSA) is 72.7 Å². The van der Waals surface area contributed by atoms with Gasteiger partial charge in [0.1, 0.15) is 5.03 Å². The van der Waals surface area contributed by atoms with E-state index in [-0.39, 0.29) is 5.91 Å². The van der Waals surface area contributed by atoms with Crippen LogP contribution < -0.4 is 5.32 Å². The van der Waals surface area contributed by atoms with Crippen molar-refractivity contribution in [1.82, 2.24) is 25.1 Å². The molecule has 0 aliphatic heterocycles. The molecule has 4 rings (SSSR count). The molecule has 1 N–H and O–H groups in total. The van der Waals surface area contributed by atoms with Crippen LogP contribution in [0.25, 0.3) is 11.3 Å². The summed E-state index contributed by atoms with van der Waals surface area (Å²) in [6.45, 7) is 1.19. The highest BCUT2D eigenvalue weighted by molar-refractivity contribution is 7.98. The number of carbonyl (C=O) groups is 1. The van der Waals surface area contributed by atoms with Crippen LogP contribution in [0.15, 0.2) is 47.9 Å². The molecular weight excluding hydrogens is 370 g/mol. The van der Waals surface area contributed by atoms with E-state index < -0.39 is 0 Å². The average molecular weight is 394 g/mol. The Balaban J connectivity index is 1.49. The SMILES string of the molecule is CSc1ncccc1C(=O)NCCn1nc(-c2ccncc2)c2c1CCCC2. The van der Waals surface area contributed by atoms with E-state index in [1.165, 1.54) is 35.9 Å². The Labute approximate surface area is 168 Å². The fraction of sp³-hybridized carbons (Fsp3) is 0.333. The number of fused-ring (bicyclic) bond motifs is 1. The number of thioether (sulfide) groups is 1. The lowest BCUT2D eigenvalue weighted by atomic mass is 9.94. The smallest absolute Gasteiger partial charge is 0.254 e. The lowest BCUT2D eigenvalue weighted by Crippen LogP contribution is -2.28. The second-order valence-corrected chi connectivity index (χ2v) is 7.55. The van der Waals surface area contributed by atoms with Crippen molar-refractivity contribution in [3.63, 3.8) is 0 Å². The number of carbonyl (C=O) groups excluding carboxylic acids is 1. The predicted octanol–water partition coefficient (Wildman–Crippen LogP) is 3.37. The molecule has 0 radical (unpaired) electrons. The predicted molar refractivity (Wildman–Crippen MR) is 110 cm³/mol. The normalized spacial score (nSPS) is 13.2. The number of aromatic nitrogens is 4. The fourth-order valence-electron chi connectivity index (χ4n) is 3.69. The molecule has 0 unspecified atom stereocenters. The molecule has 1 aliphatic rings. The molecule has 0 saturated heterocycles. The van der Waals surface area contributed by atoms with Gasteiger partial charge >= 0.3 is 0 Å². The van der Waals surface area contributed by atoms with E-state index in [1.54, 1.807) is 24.7 Å². The summed E-state index contributed by atoms with van der Waals surface area (Å²) >= 11 is 1.48. The van der Waals surface area contributed by atoms with Crippen LogP contribution in [-0.2, 0) is 19.4 Å². The minimum absolute atomic E-state index is 0.0900. The maximum Gasteiger partial charge on any atom is 0.254 e. The Hall–Kier alpha value is -2.67. The standard InChI is InChI=1S/C21H23N5OS/c1-28-21-17(6-4-10-24-21)20(27)23-13-14-26-18-7-3-2-5-16(18)19(25-26)15-8-11-22-12-9-15/h4,6,8-12H,2-3,5,7,13-14H2,1H3,(H,23,27). The zero-order chi connectivity index (χ0) is 19.3. The Kier molecular flexibility index (Phi) is 5.71. The first-order valence-electron chi connectivity index (χ1n) is 9.54. The molecule has 144 valence electrons. The maximum atomic E-state index is 12.5. The minimum atomic E-state index is -0.0900. The molecule has 6 nitrogen and oxygen atoms in total. The monoisotopic (exact) mass is 393 g/mol. The lowest BCUT2D eigenvalue weighted by molar-refractivity contribution is 0.0948. The van der Waals surface area contributed by atoms with Gasteiger partial charge in [0.15, 0.2) is 0 Å². The number of amides is 1. The molecular formula is C21H23N5OS. The molecule has 0 bridgehead atoms. The summed E-state index contributed by atoms with van der Waals surface area (Å²) in [7, 11) is 0. The number of nitrogens with zero attached hydrogens (tertiary/aromatic N) is 4. The molecule has 28 heavy (non-hydrogen) atoms. The van der Waals surface area contributed by atoms with E-state index in [0.717, 1.165) is 29.1 Å². The lowest BCUT2D eigenvalue weighted by Gasteiger charge is -2.14. The quantitative estimate of drug-likeness (QED) is 0.650. The van der Waals surface area contributed by atoms with Gasteiger partial charge in [-0.15, -0.1) is 11.8 Å². The van der Waals surface area contributed by atoms with Crippen LogP contribution in [0.1, 0.15) is 34.5 Å². The molecule has 0 atom stereocenters. The van der Waals surface area contributed by atoms with Gasteiger partial charge < -0.3 is 5.32 Å². The summed E-state index contributed by atoms with van der Waals surface area (Å²) in [6, 6.07) is 7.62. The molecule has 0 spiro atoms. The van der Waals surface area contributed by atoms with Crippen molar-refractivity contribution in [3.8, 4) is 11.3 Å². The summed E-state index contributed by atoms with van der Waals surface area (Å²) in [4.78, 5) is 20.9. The molecule has 1 amide bonds. The van der Waals surface area contributed by atoms with E-state index in [0.29, 0.717) is 18.7 Å². The van der Waals surface area contributed by atoms with Gasteiger partial charge in [0, 0.05) is 42.0 Å². The fourth-order valence-corrected chi connectivity index (χ4v) is 4.24. The summed E-state index contributed by atoms with van der Waals surface area (Å²) in [5.41, 5.74) is 5.44. The van der Waals surface area contributed by atoms with Gasteiger partial charge in [-0.05, 0) is 56.2 Å². The minimum Gasteiger partial charge on any atom is -0.350 e. The van der Waals surface area contributed by atoms with Crippen molar-refractivity contribution >= 4 is 17.7 Å². The van der Waals surface area contributed by atoms with Crippen LogP contribution >= 0.6 is 11.8 Å². The summed E-state index contributed by atoms with van der Waals surface area (Å²) < 4.78 is 2.07. The zero-order valence-electron chi connectivity index (χ0n) is 15.9. The molecule has 7 heteroatoms. The number of pyridine rings is 2. The van der Waals surface area contributed by atoms with Crippen LogP contribution in [0.2, 0.25) is 0 Å². The summed E-state index contributed by atoms with van der Waals surface area (Å²) in [5, 5.41) is 8.65. The Bertz CT molecular complexity index is 970. The van der Waals surface area contributed by atoms with Crippen molar-refractivity contribution in [2.75, 3.05) is 12.8 Å². The first-order valence-corrected chi connectivity index (χ1v) is 10.8. The third-order valence-corrected chi connectivity index (χ3v) is 5.74. The number of rotatable bonds is 6. The highest BCUT2D eigenvalue weighted by atomic mass is 32.2. The van der Waals surface area contributed by atoms with Crippen molar-refractivity contribution in [3.05, 3.63) is 59.7 Å². The molecule has 0 fully saturated rings. The summed E-state index contributed by atoms with van der Waals surface area (Å²) in [5.74, 6) is -0.0900. The van der Waals surface area contributed by atoms with E-state index in [2.05, 4.69) is 20.0 Å². The van der Waals surface area contributed by atoms with Crippen LogP contribution in [0.5, 0.6) is 0 Å². The molecule has 0 aromatic carbocycles. The molecule has 3 aromatic rings. The van der Waals surface area contributed by atoms with Crippen molar-refractivity contribution in [1.29, 1.82) is 0 Å². The highest BCUT2D eigenvalue weighted by Crippen LogP contribution is 2.30. The van der Waals surface area contributed by atoms with Gasteiger partial charge in [-0.3, -0.25) is 14.5 Å². The van der Waals surface area contributed by atoms with Crippen LogP contribution in [0.4, 0.5) is 0 Å².